The molecule has 100 valence electrons. The number of rotatable bonds is 7. The summed E-state index contributed by atoms with van der Waals surface area (Å²) in [6.07, 6.45) is 0.558. The Labute approximate surface area is 107 Å². The molecule has 0 aromatic heterocycles. The molecule has 0 saturated heterocycles. The molecule has 1 atom stereocenters. The van der Waals surface area contributed by atoms with Gasteiger partial charge in [0.05, 0.1) is 26.4 Å². The Bertz CT molecular complexity index is 364. The lowest BCUT2D eigenvalue weighted by molar-refractivity contribution is -0.120. The first-order chi connectivity index (χ1) is 8.65. The maximum absolute atomic E-state index is 10.8. The fourth-order valence-corrected chi connectivity index (χ4v) is 1.49. The van der Waals surface area contributed by atoms with E-state index in [0.29, 0.717) is 13.0 Å². The fraction of sp³-hybridized carbons (Fsp3) is 0.462. The lowest BCUT2D eigenvalue weighted by Crippen LogP contribution is -2.37. The number of aliphatic hydroxyl groups is 1. The molecular weight excluding hydrogens is 234 g/mol. The molecule has 5 nitrogen and oxygen atoms in total. The van der Waals surface area contributed by atoms with Crippen molar-refractivity contribution in [2.45, 2.75) is 19.4 Å². The Morgan fingerprint density at radius 3 is 2.44 bits per heavy atom. The van der Waals surface area contributed by atoms with E-state index in [-0.39, 0.29) is 18.6 Å². The number of ether oxygens (including phenoxy) is 2. The van der Waals surface area contributed by atoms with Crippen LogP contribution in [0.4, 0.5) is 0 Å². The standard InChI is InChI=1S/C13H19NO4/c1-10(16)14-11(9-15)7-8-18-13-5-3-12(17-2)4-6-13/h3-6,11,15H,7-9H2,1-2H3,(H,14,16)/t11-/m1/s1. The first-order valence-corrected chi connectivity index (χ1v) is 5.80. The molecule has 5 heteroatoms. The van der Waals surface area contributed by atoms with E-state index in [1.54, 1.807) is 7.11 Å². The largest absolute Gasteiger partial charge is 0.497 e. The molecule has 0 saturated carbocycles. The molecule has 0 radical (unpaired) electrons. The molecule has 0 aliphatic heterocycles. The van der Waals surface area contributed by atoms with Crippen LogP contribution >= 0.6 is 0 Å². The lowest BCUT2D eigenvalue weighted by atomic mass is 10.2. The molecule has 0 aliphatic rings. The van der Waals surface area contributed by atoms with Gasteiger partial charge in [0, 0.05) is 13.3 Å². The van der Waals surface area contributed by atoms with Gasteiger partial charge in [0.15, 0.2) is 0 Å². The Morgan fingerprint density at radius 2 is 1.94 bits per heavy atom. The molecule has 0 aliphatic carbocycles. The summed E-state index contributed by atoms with van der Waals surface area (Å²) < 4.78 is 10.5. The summed E-state index contributed by atoms with van der Waals surface area (Å²) in [5.41, 5.74) is 0. The van der Waals surface area contributed by atoms with Crippen molar-refractivity contribution in [3.8, 4) is 11.5 Å². The highest BCUT2D eigenvalue weighted by Gasteiger charge is 2.08. The van der Waals surface area contributed by atoms with Crippen molar-refractivity contribution >= 4 is 5.91 Å². The summed E-state index contributed by atoms with van der Waals surface area (Å²) in [7, 11) is 1.61. The van der Waals surface area contributed by atoms with Crippen LogP contribution in [-0.4, -0.2) is 37.4 Å². The predicted octanol–water partition coefficient (Wildman–Crippen LogP) is 0.961. The van der Waals surface area contributed by atoms with E-state index in [1.807, 2.05) is 24.3 Å². The van der Waals surface area contributed by atoms with E-state index in [4.69, 9.17) is 14.6 Å². The first kappa shape index (κ1) is 14.3. The summed E-state index contributed by atoms with van der Waals surface area (Å²) in [4.78, 5) is 10.8. The number of carbonyl (C=O) groups excluding carboxylic acids is 1. The van der Waals surface area contributed by atoms with Crippen molar-refractivity contribution in [2.24, 2.45) is 0 Å². The van der Waals surface area contributed by atoms with Gasteiger partial charge in [0.2, 0.25) is 5.91 Å². The van der Waals surface area contributed by atoms with Gasteiger partial charge >= 0.3 is 0 Å². The highest BCUT2D eigenvalue weighted by molar-refractivity contribution is 5.73. The molecule has 18 heavy (non-hydrogen) atoms. The summed E-state index contributed by atoms with van der Waals surface area (Å²) >= 11 is 0. The smallest absolute Gasteiger partial charge is 0.217 e. The number of nitrogens with one attached hydrogen (secondary N) is 1. The maximum atomic E-state index is 10.8. The number of carbonyl (C=O) groups is 1. The summed E-state index contributed by atoms with van der Waals surface area (Å²) in [5, 5.41) is 11.7. The van der Waals surface area contributed by atoms with Crippen molar-refractivity contribution in [1.82, 2.24) is 5.32 Å². The van der Waals surface area contributed by atoms with Crippen LogP contribution in [0.1, 0.15) is 13.3 Å². The van der Waals surface area contributed by atoms with Crippen molar-refractivity contribution in [3.63, 3.8) is 0 Å². The van der Waals surface area contributed by atoms with E-state index >= 15 is 0 Å². The van der Waals surface area contributed by atoms with Gasteiger partial charge < -0.3 is 19.9 Å². The fourth-order valence-electron chi connectivity index (χ4n) is 1.49. The van der Waals surface area contributed by atoms with E-state index < -0.39 is 0 Å². The van der Waals surface area contributed by atoms with Crippen LogP contribution in [0.2, 0.25) is 0 Å². The van der Waals surface area contributed by atoms with E-state index in [1.165, 1.54) is 6.92 Å². The topological polar surface area (TPSA) is 67.8 Å². The van der Waals surface area contributed by atoms with Crippen LogP contribution in [-0.2, 0) is 4.79 Å². The molecule has 1 amide bonds. The minimum Gasteiger partial charge on any atom is -0.497 e. The highest BCUT2D eigenvalue weighted by Crippen LogP contribution is 2.17. The number of hydrogen-bond acceptors (Lipinski definition) is 4. The molecule has 1 rings (SSSR count). The van der Waals surface area contributed by atoms with Crippen molar-refractivity contribution in [2.75, 3.05) is 20.3 Å². The van der Waals surface area contributed by atoms with Crippen LogP contribution in [0.25, 0.3) is 0 Å². The van der Waals surface area contributed by atoms with Crippen LogP contribution in [0.3, 0.4) is 0 Å². The van der Waals surface area contributed by atoms with Gasteiger partial charge in [-0.05, 0) is 24.3 Å². The normalized spacial score (nSPS) is 11.7. The third-order valence-corrected chi connectivity index (χ3v) is 2.42. The highest BCUT2D eigenvalue weighted by atomic mass is 16.5. The molecule has 0 spiro atoms. The summed E-state index contributed by atoms with van der Waals surface area (Å²) in [6.45, 7) is 1.76. The third-order valence-electron chi connectivity index (χ3n) is 2.42. The van der Waals surface area contributed by atoms with Gasteiger partial charge in [0.1, 0.15) is 11.5 Å². The zero-order valence-corrected chi connectivity index (χ0v) is 10.7. The molecule has 2 N–H and O–H groups in total. The molecule has 1 aromatic carbocycles. The average Bonchev–Trinajstić information content (AvgIpc) is 2.38. The average molecular weight is 253 g/mol. The number of benzene rings is 1. The zero-order valence-electron chi connectivity index (χ0n) is 10.7. The second-order valence-electron chi connectivity index (χ2n) is 3.89. The number of methoxy groups -OCH3 is 1. The Hall–Kier alpha value is -1.75. The molecule has 0 fully saturated rings. The van der Waals surface area contributed by atoms with Gasteiger partial charge in [-0.1, -0.05) is 0 Å². The van der Waals surface area contributed by atoms with E-state index in [2.05, 4.69) is 5.32 Å². The maximum Gasteiger partial charge on any atom is 0.217 e. The summed E-state index contributed by atoms with van der Waals surface area (Å²) in [5.74, 6) is 1.35. The Kier molecular flexibility index (Phi) is 6.00. The minimum atomic E-state index is -0.263. The van der Waals surface area contributed by atoms with Crippen LogP contribution in [0, 0.1) is 0 Å². The number of hydrogen-bond donors (Lipinski definition) is 2. The minimum absolute atomic E-state index is 0.0917. The second kappa shape index (κ2) is 7.55. The molecule has 0 bridgehead atoms. The third kappa shape index (κ3) is 5.05. The number of aliphatic hydroxyl groups excluding tert-OH is 1. The molecule has 0 heterocycles. The lowest BCUT2D eigenvalue weighted by Gasteiger charge is -2.15. The number of amides is 1. The Balaban J connectivity index is 2.33. The van der Waals surface area contributed by atoms with Crippen molar-refractivity contribution < 1.29 is 19.4 Å². The molecule has 0 unspecified atom stereocenters. The summed E-state index contributed by atoms with van der Waals surface area (Å²) in [6, 6.07) is 6.98. The second-order valence-corrected chi connectivity index (χ2v) is 3.89. The van der Waals surface area contributed by atoms with Crippen LogP contribution in [0.15, 0.2) is 24.3 Å². The molecular formula is C13H19NO4. The first-order valence-electron chi connectivity index (χ1n) is 5.80. The quantitative estimate of drug-likeness (QED) is 0.759. The van der Waals surface area contributed by atoms with Crippen molar-refractivity contribution in [3.05, 3.63) is 24.3 Å². The van der Waals surface area contributed by atoms with Gasteiger partial charge in [0.25, 0.3) is 0 Å². The van der Waals surface area contributed by atoms with Crippen LogP contribution in [0.5, 0.6) is 11.5 Å². The van der Waals surface area contributed by atoms with Gasteiger partial charge in [-0.3, -0.25) is 4.79 Å². The zero-order chi connectivity index (χ0) is 13.4. The van der Waals surface area contributed by atoms with Crippen LogP contribution < -0.4 is 14.8 Å². The van der Waals surface area contributed by atoms with Gasteiger partial charge in [-0.2, -0.15) is 0 Å². The monoisotopic (exact) mass is 253 g/mol. The molecule has 1 aromatic rings. The SMILES string of the molecule is COc1ccc(OCC[C@H](CO)NC(C)=O)cc1. The van der Waals surface area contributed by atoms with Crippen molar-refractivity contribution in [1.29, 1.82) is 0 Å². The van der Waals surface area contributed by atoms with Gasteiger partial charge in [-0.25, -0.2) is 0 Å². The predicted molar refractivity (Wildman–Crippen MR) is 67.8 cm³/mol. The van der Waals surface area contributed by atoms with E-state index in [0.717, 1.165) is 11.5 Å². The Morgan fingerprint density at radius 1 is 1.33 bits per heavy atom. The van der Waals surface area contributed by atoms with E-state index in [9.17, 15) is 4.79 Å². The van der Waals surface area contributed by atoms with Gasteiger partial charge in [-0.15, -0.1) is 0 Å².